The number of hydrogen-bond acceptors (Lipinski definition) is 5. The SMILES string of the molecule is C[n+]1c(-c2ccc(OCCI)cc2)c2cc(CC(=O)OC(C)(C)C)ccc2c2ccc(NC(=O)OC(C)(C)C)cc21. The Labute approximate surface area is 255 Å². The number of alkyl halides is 1. The molecule has 216 valence electrons. The van der Waals surface area contributed by atoms with Crippen molar-refractivity contribution in [2.45, 2.75) is 59.2 Å². The lowest BCUT2D eigenvalue weighted by Gasteiger charge is -2.20. The third kappa shape index (κ3) is 7.87. The highest BCUT2D eigenvalue weighted by atomic mass is 127. The molecular weight excluding hydrogens is 631 g/mol. The Bertz CT molecular complexity index is 1580. The summed E-state index contributed by atoms with van der Waals surface area (Å²) in [6.07, 6.45) is -0.328. The lowest BCUT2D eigenvalue weighted by molar-refractivity contribution is -0.632. The van der Waals surface area contributed by atoms with Gasteiger partial charge < -0.3 is 14.2 Å². The monoisotopic (exact) mass is 669 g/mol. The molecule has 7 nitrogen and oxygen atoms in total. The molecule has 0 saturated carbocycles. The van der Waals surface area contributed by atoms with E-state index in [4.69, 9.17) is 14.2 Å². The fraction of sp³-hybridized carbons (Fsp3) is 0.364. The number of carbonyl (C=O) groups excluding carboxylic acids is 2. The normalized spacial score (nSPS) is 11.9. The topological polar surface area (TPSA) is 77.7 Å². The van der Waals surface area contributed by atoms with Gasteiger partial charge in [0, 0.05) is 21.4 Å². The molecule has 1 heterocycles. The van der Waals surface area contributed by atoms with Crippen molar-refractivity contribution in [1.82, 2.24) is 0 Å². The molecule has 0 radical (unpaired) electrons. The van der Waals surface area contributed by atoms with E-state index >= 15 is 0 Å². The highest BCUT2D eigenvalue weighted by Gasteiger charge is 2.24. The molecule has 0 fully saturated rings. The molecule has 1 aromatic heterocycles. The van der Waals surface area contributed by atoms with Crippen LogP contribution in [0.2, 0.25) is 0 Å². The maximum atomic E-state index is 12.6. The predicted octanol–water partition coefficient (Wildman–Crippen LogP) is 7.53. The van der Waals surface area contributed by atoms with Crippen molar-refractivity contribution in [2.75, 3.05) is 16.4 Å². The molecule has 0 bridgehead atoms. The van der Waals surface area contributed by atoms with Gasteiger partial charge in [0.1, 0.15) is 24.0 Å². The Morgan fingerprint density at radius 3 is 2.12 bits per heavy atom. The molecule has 0 aliphatic heterocycles. The number of fused-ring (bicyclic) bond motifs is 3. The molecule has 41 heavy (non-hydrogen) atoms. The van der Waals surface area contributed by atoms with Crippen molar-refractivity contribution in [3.05, 3.63) is 66.2 Å². The fourth-order valence-electron chi connectivity index (χ4n) is 4.73. The van der Waals surface area contributed by atoms with Crippen molar-refractivity contribution in [3.8, 4) is 17.0 Å². The summed E-state index contributed by atoms with van der Waals surface area (Å²) >= 11 is 2.29. The minimum Gasteiger partial charge on any atom is -0.493 e. The van der Waals surface area contributed by atoms with Gasteiger partial charge in [-0.15, -0.1) is 0 Å². The third-order valence-electron chi connectivity index (χ3n) is 6.21. The number of nitrogens with one attached hydrogen (secondary N) is 1. The van der Waals surface area contributed by atoms with Crippen LogP contribution >= 0.6 is 22.6 Å². The summed E-state index contributed by atoms with van der Waals surface area (Å²) in [5.41, 5.74) is 3.28. The zero-order valence-corrected chi connectivity index (χ0v) is 26.9. The van der Waals surface area contributed by atoms with Gasteiger partial charge in [-0.3, -0.25) is 10.1 Å². The van der Waals surface area contributed by atoms with Crippen molar-refractivity contribution < 1.29 is 28.4 Å². The second-order valence-electron chi connectivity index (χ2n) is 12.0. The van der Waals surface area contributed by atoms with Crippen LogP contribution in [0.1, 0.15) is 47.1 Å². The molecule has 1 amide bonds. The largest absolute Gasteiger partial charge is 0.493 e. The minimum absolute atomic E-state index is 0.177. The Balaban J connectivity index is 1.85. The maximum Gasteiger partial charge on any atom is 0.412 e. The van der Waals surface area contributed by atoms with Crippen LogP contribution in [0.25, 0.3) is 32.9 Å². The van der Waals surface area contributed by atoms with Gasteiger partial charge in [0.25, 0.3) is 0 Å². The van der Waals surface area contributed by atoms with E-state index in [0.717, 1.165) is 48.7 Å². The Morgan fingerprint density at radius 1 is 0.829 bits per heavy atom. The third-order valence-corrected chi connectivity index (χ3v) is 6.65. The van der Waals surface area contributed by atoms with Crippen molar-refractivity contribution >= 4 is 62.0 Å². The molecule has 8 heteroatoms. The lowest BCUT2D eigenvalue weighted by Crippen LogP contribution is -2.33. The van der Waals surface area contributed by atoms with E-state index in [9.17, 15) is 9.59 Å². The summed E-state index contributed by atoms with van der Waals surface area (Å²) in [5.74, 6) is 0.547. The molecule has 0 saturated heterocycles. The summed E-state index contributed by atoms with van der Waals surface area (Å²) < 4.78 is 19.9. The van der Waals surface area contributed by atoms with Crippen LogP contribution in [0.15, 0.2) is 60.7 Å². The molecule has 0 aliphatic carbocycles. The number of pyridine rings is 1. The molecule has 1 N–H and O–H groups in total. The average molecular weight is 670 g/mol. The van der Waals surface area contributed by atoms with E-state index in [-0.39, 0.29) is 12.4 Å². The molecule has 0 spiro atoms. The summed E-state index contributed by atoms with van der Waals surface area (Å²) in [4.78, 5) is 25.1. The lowest BCUT2D eigenvalue weighted by atomic mass is 9.96. The van der Waals surface area contributed by atoms with Gasteiger partial charge in [0.2, 0.25) is 11.2 Å². The van der Waals surface area contributed by atoms with Crippen molar-refractivity contribution in [2.24, 2.45) is 7.05 Å². The Morgan fingerprint density at radius 2 is 1.49 bits per heavy atom. The number of aryl methyl sites for hydroxylation is 1. The van der Waals surface area contributed by atoms with Crippen molar-refractivity contribution in [1.29, 1.82) is 0 Å². The summed E-state index contributed by atoms with van der Waals surface area (Å²) in [5, 5.41) is 5.92. The second kappa shape index (κ2) is 12.2. The van der Waals surface area contributed by atoms with Crippen LogP contribution in [0, 0.1) is 0 Å². The standard InChI is InChI=1S/C33H37IN2O5/c1-32(2,3)40-29(37)19-21-8-14-25-26-15-11-23(35-31(38)41-33(4,5)6)20-28(26)36(7)30(27(25)18-21)22-9-12-24(13-10-22)39-17-16-34/h8-15,18,20H,16-17,19H2,1-7H3/p+1. The zero-order valence-electron chi connectivity index (χ0n) is 24.8. The number of anilines is 1. The fourth-order valence-corrected chi connectivity index (χ4v) is 4.95. The number of esters is 1. The highest BCUT2D eigenvalue weighted by Crippen LogP contribution is 2.34. The first kappa shape index (κ1) is 30.6. The highest BCUT2D eigenvalue weighted by molar-refractivity contribution is 14.1. The number of ether oxygens (including phenoxy) is 3. The first-order valence-corrected chi connectivity index (χ1v) is 15.2. The number of benzene rings is 3. The summed E-state index contributed by atoms with van der Waals surface area (Å²) in [6.45, 7) is 11.8. The van der Waals surface area contributed by atoms with Gasteiger partial charge in [-0.05, 0) is 89.6 Å². The number of amides is 1. The van der Waals surface area contributed by atoms with Gasteiger partial charge in [-0.25, -0.2) is 4.79 Å². The molecule has 0 aliphatic rings. The average Bonchev–Trinajstić information content (AvgIpc) is 2.86. The molecule has 0 atom stereocenters. The Kier molecular flexibility index (Phi) is 9.11. The molecule has 3 aromatic carbocycles. The van der Waals surface area contributed by atoms with Gasteiger partial charge in [0.15, 0.2) is 0 Å². The Hall–Kier alpha value is -3.40. The molecule has 4 aromatic rings. The number of hydrogen-bond donors (Lipinski definition) is 1. The van der Waals surface area contributed by atoms with E-state index in [0.29, 0.717) is 12.3 Å². The number of aromatic nitrogens is 1. The number of carbonyl (C=O) groups is 2. The van der Waals surface area contributed by atoms with Gasteiger partial charge in [-0.1, -0.05) is 34.7 Å². The predicted molar refractivity (Wildman–Crippen MR) is 172 cm³/mol. The quantitative estimate of drug-likeness (QED) is 0.0724. The van der Waals surface area contributed by atoms with E-state index in [1.807, 2.05) is 97.1 Å². The first-order chi connectivity index (χ1) is 19.2. The van der Waals surface area contributed by atoms with Crippen LogP contribution in [0.3, 0.4) is 0 Å². The van der Waals surface area contributed by atoms with Crippen LogP contribution in [-0.4, -0.2) is 34.3 Å². The van der Waals surface area contributed by atoms with Crippen LogP contribution in [0.5, 0.6) is 5.75 Å². The summed E-state index contributed by atoms with van der Waals surface area (Å²) in [6, 6.07) is 20.0. The van der Waals surface area contributed by atoms with E-state index in [1.165, 1.54) is 0 Å². The summed E-state index contributed by atoms with van der Waals surface area (Å²) in [7, 11) is 2.01. The molecule has 0 unspecified atom stereocenters. The van der Waals surface area contributed by atoms with Gasteiger partial charge >= 0.3 is 12.1 Å². The maximum absolute atomic E-state index is 12.6. The van der Waals surface area contributed by atoms with Crippen LogP contribution in [-0.2, 0) is 27.7 Å². The minimum atomic E-state index is -0.599. The zero-order chi connectivity index (χ0) is 29.9. The number of nitrogens with zero attached hydrogens (tertiary/aromatic N) is 1. The van der Waals surface area contributed by atoms with Crippen LogP contribution in [0.4, 0.5) is 10.5 Å². The van der Waals surface area contributed by atoms with E-state index in [2.05, 4.69) is 44.6 Å². The number of halogens is 1. The van der Waals surface area contributed by atoms with Gasteiger partial charge in [0.05, 0.1) is 29.5 Å². The molecule has 4 rings (SSSR count). The van der Waals surface area contributed by atoms with E-state index < -0.39 is 17.3 Å². The first-order valence-electron chi connectivity index (χ1n) is 13.6. The van der Waals surface area contributed by atoms with E-state index in [1.54, 1.807) is 0 Å². The second-order valence-corrected chi connectivity index (χ2v) is 13.1. The van der Waals surface area contributed by atoms with Crippen molar-refractivity contribution in [3.63, 3.8) is 0 Å². The smallest absolute Gasteiger partial charge is 0.412 e. The molecular formula is C33H38IN2O5+. The van der Waals surface area contributed by atoms with Crippen LogP contribution < -0.4 is 14.6 Å². The van der Waals surface area contributed by atoms with Gasteiger partial charge in [-0.2, -0.15) is 4.57 Å². The number of rotatable bonds is 7.